The molecule has 0 bridgehead atoms. The molecular formula is C10H20N2O3. The summed E-state index contributed by atoms with van der Waals surface area (Å²) in [5.41, 5.74) is 5.88. The van der Waals surface area contributed by atoms with E-state index in [1.165, 1.54) is 4.90 Å². The van der Waals surface area contributed by atoms with Crippen molar-refractivity contribution in [2.24, 2.45) is 11.7 Å². The molecule has 5 nitrogen and oxygen atoms in total. The highest BCUT2D eigenvalue weighted by molar-refractivity contribution is 5.64. The lowest BCUT2D eigenvalue weighted by Gasteiger charge is -2.26. The summed E-state index contributed by atoms with van der Waals surface area (Å²) in [6.07, 6.45) is 2.15. The van der Waals surface area contributed by atoms with Crippen molar-refractivity contribution in [1.29, 1.82) is 0 Å². The molecule has 88 valence electrons. The molecule has 0 aromatic carbocycles. The molecule has 0 spiro atoms. The highest BCUT2D eigenvalue weighted by Crippen LogP contribution is 2.18. The number of hydrogen-bond acceptors (Lipinski definition) is 3. The Kier molecular flexibility index (Phi) is 4.84. The van der Waals surface area contributed by atoms with Crippen LogP contribution in [0.15, 0.2) is 0 Å². The molecule has 1 amide bonds. The fourth-order valence-corrected chi connectivity index (χ4v) is 1.93. The van der Waals surface area contributed by atoms with Crippen LogP contribution in [0, 0.1) is 5.92 Å². The van der Waals surface area contributed by atoms with Gasteiger partial charge in [-0.2, -0.15) is 0 Å². The molecule has 0 saturated carbocycles. The number of carbonyl (C=O) groups is 1. The van der Waals surface area contributed by atoms with Gasteiger partial charge in [0.15, 0.2) is 0 Å². The number of carboxylic acid groups (broad SMARTS) is 1. The maximum atomic E-state index is 10.6. The third-order valence-electron chi connectivity index (χ3n) is 2.73. The van der Waals surface area contributed by atoms with Crippen molar-refractivity contribution in [3.8, 4) is 0 Å². The number of nitrogens with zero attached hydrogens (tertiary/aromatic N) is 1. The van der Waals surface area contributed by atoms with Crippen LogP contribution in [0.5, 0.6) is 0 Å². The van der Waals surface area contributed by atoms with Gasteiger partial charge in [-0.05, 0) is 25.2 Å². The van der Waals surface area contributed by atoms with Gasteiger partial charge in [0.05, 0.1) is 0 Å². The Balaban J connectivity index is 2.22. The summed E-state index contributed by atoms with van der Waals surface area (Å²) in [6.45, 7) is 2.01. The van der Waals surface area contributed by atoms with E-state index in [4.69, 9.17) is 15.6 Å². The summed E-state index contributed by atoms with van der Waals surface area (Å²) < 4.78 is 5.35. The van der Waals surface area contributed by atoms with Gasteiger partial charge in [-0.1, -0.05) is 0 Å². The largest absolute Gasteiger partial charge is 0.465 e. The summed E-state index contributed by atoms with van der Waals surface area (Å²) >= 11 is 0. The van der Waals surface area contributed by atoms with Crippen LogP contribution in [0.25, 0.3) is 0 Å². The highest BCUT2D eigenvalue weighted by Gasteiger charge is 2.19. The van der Waals surface area contributed by atoms with Crippen LogP contribution < -0.4 is 5.73 Å². The third kappa shape index (κ3) is 4.48. The lowest BCUT2D eigenvalue weighted by Crippen LogP contribution is -2.40. The zero-order valence-electron chi connectivity index (χ0n) is 9.19. The average molecular weight is 216 g/mol. The second-order valence-corrected chi connectivity index (χ2v) is 4.24. The molecule has 15 heavy (non-hydrogen) atoms. The van der Waals surface area contributed by atoms with E-state index in [1.807, 2.05) is 0 Å². The fourth-order valence-electron chi connectivity index (χ4n) is 1.93. The Morgan fingerprint density at radius 1 is 1.73 bits per heavy atom. The van der Waals surface area contributed by atoms with Crippen molar-refractivity contribution >= 4 is 6.09 Å². The topological polar surface area (TPSA) is 75.8 Å². The molecule has 1 rings (SSSR count). The summed E-state index contributed by atoms with van der Waals surface area (Å²) in [7, 11) is 1.54. The van der Waals surface area contributed by atoms with Gasteiger partial charge in [0.1, 0.15) is 0 Å². The standard InChI is InChI=1S/C10H20N2O3/c1-12(10(13)14)6-9(11)5-8-3-2-4-15-7-8/h8-9H,2-7,11H2,1H3,(H,13,14)/t8-,9-/m1/s1. The molecule has 0 aromatic heterocycles. The van der Waals surface area contributed by atoms with E-state index in [-0.39, 0.29) is 6.04 Å². The molecular weight excluding hydrogens is 196 g/mol. The third-order valence-corrected chi connectivity index (χ3v) is 2.73. The minimum atomic E-state index is -0.926. The van der Waals surface area contributed by atoms with Gasteiger partial charge >= 0.3 is 6.09 Å². The number of hydrogen-bond donors (Lipinski definition) is 2. The molecule has 0 unspecified atom stereocenters. The Labute approximate surface area is 90.2 Å². The molecule has 0 aromatic rings. The molecule has 0 aliphatic carbocycles. The first kappa shape index (κ1) is 12.3. The maximum absolute atomic E-state index is 10.6. The van der Waals surface area contributed by atoms with Crippen molar-refractivity contribution in [3.63, 3.8) is 0 Å². The van der Waals surface area contributed by atoms with Crippen LogP contribution in [0.2, 0.25) is 0 Å². The Morgan fingerprint density at radius 2 is 2.47 bits per heavy atom. The van der Waals surface area contributed by atoms with Gasteiger partial charge in [0.2, 0.25) is 0 Å². The van der Waals surface area contributed by atoms with Crippen LogP contribution in [0.3, 0.4) is 0 Å². The van der Waals surface area contributed by atoms with E-state index >= 15 is 0 Å². The Bertz CT molecular complexity index is 205. The Morgan fingerprint density at radius 3 is 3.00 bits per heavy atom. The van der Waals surface area contributed by atoms with Crippen LogP contribution in [0.4, 0.5) is 4.79 Å². The molecule has 1 fully saturated rings. The quantitative estimate of drug-likeness (QED) is 0.726. The smallest absolute Gasteiger partial charge is 0.407 e. The second-order valence-electron chi connectivity index (χ2n) is 4.24. The van der Waals surface area contributed by atoms with Crippen molar-refractivity contribution in [2.75, 3.05) is 26.8 Å². The van der Waals surface area contributed by atoms with Gasteiger partial charge in [0.25, 0.3) is 0 Å². The number of nitrogens with two attached hydrogens (primary N) is 1. The normalized spacial score (nSPS) is 23.5. The zero-order valence-corrected chi connectivity index (χ0v) is 9.19. The van der Waals surface area contributed by atoms with Gasteiger partial charge in [0, 0.05) is 32.8 Å². The molecule has 1 aliphatic rings. The number of likely N-dealkylation sites (N-methyl/N-ethyl adjacent to an activating group) is 1. The van der Waals surface area contributed by atoms with E-state index in [1.54, 1.807) is 7.05 Å². The van der Waals surface area contributed by atoms with Crippen molar-refractivity contribution in [1.82, 2.24) is 4.90 Å². The first-order chi connectivity index (χ1) is 7.09. The predicted molar refractivity (Wildman–Crippen MR) is 56.8 cm³/mol. The monoisotopic (exact) mass is 216 g/mol. The number of ether oxygens (including phenoxy) is 1. The van der Waals surface area contributed by atoms with E-state index < -0.39 is 6.09 Å². The lowest BCUT2D eigenvalue weighted by atomic mass is 9.94. The zero-order chi connectivity index (χ0) is 11.3. The van der Waals surface area contributed by atoms with Crippen LogP contribution in [-0.4, -0.2) is 48.9 Å². The number of amides is 1. The highest BCUT2D eigenvalue weighted by atomic mass is 16.5. The predicted octanol–water partition coefficient (Wildman–Crippen LogP) is 0.740. The Hall–Kier alpha value is -0.810. The fraction of sp³-hybridized carbons (Fsp3) is 0.900. The first-order valence-electron chi connectivity index (χ1n) is 5.37. The summed E-state index contributed by atoms with van der Waals surface area (Å²) in [5.74, 6) is 0.496. The first-order valence-corrected chi connectivity index (χ1v) is 5.37. The molecule has 2 atom stereocenters. The molecule has 0 radical (unpaired) electrons. The minimum Gasteiger partial charge on any atom is -0.465 e. The SMILES string of the molecule is CN(C[C@H](N)C[C@H]1CCCOC1)C(=O)O. The van der Waals surface area contributed by atoms with E-state index in [2.05, 4.69) is 0 Å². The van der Waals surface area contributed by atoms with Crippen LogP contribution in [0.1, 0.15) is 19.3 Å². The molecule has 1 saturated heterocycles. The average Bonchev–Trinajstić information content (AvgIpc) is 2.18. The minimum absolute atomic E-state index is 0.0854. The van der Waals surface area contributed by atoms with Gasteiger partial charge in [-0.25, -0.2) is 4.79 Å². The van der Waals surface area contributed by atoms with Crippen molar-refractivity contribution in [2.45, 2.75) is 25.3 Å². The van der Waals surface area contributed by atoms with E-state index in [0.29, 0.717) is 12.5 Å². The van der Waals surface area contributed by atoms with Crippen molar-refractivity contribution in [3.05, 3.63) is 0 Å². The maximum Gasteiger partial charge on any atom is 0.407 e. The van der Waals surface area contributed by atoms with Crippen LogP contribution in [-0.2, 0) is 4.74 Å². The molecule has 1 aliphatic heterocycles. The van der Waals surface area contributed by atoms with Gasteiger partial charge < -0.3 is 20.5 Å². The van der Waals surface area contributed by atoms with E-state index in [0.717, 1.165) is 32.5 Å². The second kappa shape index (κ2) is 5.92. The van der Waals surface area contributed by atoms with Crippen molar-refractivity contribution < 1.29 is 14.6 Å². The molecule has 3 N–H and O–H groups in total. The van der Waals surface area contributed by atoms with Crippen LogP contribution >= 0.6 is 0 Å². The van der Waals surface area contributed by atoms with Gasteiger partial charge in [-0.15, -0.1) is 0 Å². The summed E-state index contributed by atoms with van der Waals surface area (Å²) in [6, 6.07) is -0.0854. The summed E-state index contributed by atoms with van der Waals surface area (Å²) in [4.78, 5) is 11.8. The van der Waals surface area contributed by atoms with Gasteiger partial charge in [-0.3, -0.25) is 0 Å². The number of rotatable bonds is 4. The molecule has 5 heteroatoms. The van der Waals surface area contributed by atoms with E-state index in [9.17, 15) is 4.79 Å². The lowest BCUT2D eigenvalue weighted by molar-refractivity contribution is 0.0478. The molecule has 1 heterocycles. The summed E-state index contributed by atoms with van der Waals surface area (Å²) in [5, 5.41) is 8.68.